The summed E-state index contributed by atoms with van der Waals surface area (Å²) in [4.78, 5) is 11.6. The van der Waals surface area contributed by atoms with Gasteiger partial charge in [-0.25, -0.2) is 4.79 Å². The molecule has 0 radical (unpaired) electrons. The molecule has 0 spiro atoms. The molecule has 0 aliphatic heterocycles. The largest absolute Gasteiger partial charge is 0.463 e. The summed E-state index contributed by atoms with van der Waals surface area (Å²) in [5, 5.41) is 0. The van der Waals surface area contributed by atoms with Crippen molar-refractivity contribution in [2.45, 2.75) is 65.9 Å². The zero-order valence-electron chi connectivity index (χ0n) is 11.8. The van der Waals surface area contributed by atoms with E-state index in [9.17, 15) is 4.79 Å². The van der Waals surface area contributed by atoms with E-state index in [1.807, 2.05) is 6.92 Å². The van der Waals surface area contributed by atoms with Crippen LogP contribution >= 0.6 is 0 Å². The average molecular weight is 244 g/mol. The third-order valence-electron chi connectivity index (χ3n) is 2.91. The molecule has 0 fully saturated rings. The zero-order valence-corrected chi connectivity index (χ0v) is 11.8. The summed E-state index contributed by atoms with van der Waals surface area (Å²) in [5.74, 6) is 0.269. The topological polar surface area (TPSA) is 35.5 Å². The first-order valence-electron chi connectivity index (χ1n) is 6.93. The van der Waals surface area contributed by atoms with Gasteiger partial charge >= 0.3 is 5.97 Å². The lowest BCUT2D eigenvalue weighted by atomic mass is 10.0. The van der Waals surface area contributed by atoms with Crippen molar-refractivity contribution >= 4 is 5.97 Å². The smallest absolute Gasteiger partial charge is 0.334 e. The summed E-state index contributed by atoms with van der Waals surface area (Å²) in [7, 11) is 0. The molecule has 3 nitrogen and oxygen atoms in total. The number of esters is 1. The molecule has 0 rings (SSSR count). The maximum Gasteiger partial charge on any atom is 0.334 e. The highest BCUT2D eigenvalue weighted by Gasteiger charge is 2.16. The molecule has 0 aliphatic carbocycles. The van der Waals surface area contributed by atoms with Crippen molar-refractivity contribution in [1.29, 1.82) is 0 Å². The molecule has 0 aromatic carbocycles. The Labute approximate surface area is 106 Å². The molecule has 17 heavy (non-hydrogen) atoms. The van der Waals surface area contributed by atoms with Gasteiger partial charge in [-0.1, -0.05) is 40.0 Å². The fourth-order valence-electron chi connectivity index (χ4n) is 1.58. The third-order valence-corrected chi connectivity index (χ3v) is 2.91. The van der Waals surface area contributed by atoms with E-state index in [1.165, 1.54) is 12.8 Å². The molecule has 0 N–H and O–H groups in total. The molecule has 0 aliphatic rings. The quantitative estimate of drug-likeness (QED) is 0.551. The molecule has 0 amide bonds. The Morgan fingerprint density at radius 3 is 2.41 bits per heavy atom. The summed E-state index contributed by atoms with van der Waals surface area (Å²) >= 11 is 0. The predicted molar refractivity (Wildman–Crippen MR) is 70.0 cm³/mol. The molecule has 0 aromatic heterocycles. The van der Waals surface area contributed by atoms with Crippen LogP contribution in [-0.4, -0.2) is 25.3 Å². The van der Waals surface area contributed by atoms with Crippen LogP contribution in [-0.2, 0) is 14.3 Å². The Bertz CT molecular complexity index is 192. The van der Waals surface area contributed by atoms with Crippen LogP contribution in [0.25, 0.3) is 0 Å². The van der Waals surface area contributed by atoms with Gasteiger partial charge in [-0.2, -0.15) is 0 Å². The highest BCUT2D eigenvalue weighted by atomic mass is 16.6. The lowest BCUT2D eigenvalue weighted by molar-refractivity contribution is -0.157. The number of hydrogen-bond donors (Lipinski definition) is 0. The first kappa shape index (κ1) is 16.4. The molecule has 0 aromatic rings. The second-order valence-corrected chi connectivity index (χ2v) is 4.56. The number of carbonyl (C=O) groups excluding carboxylic acids is 1. The SMILES string of the molecule is CCCCC(CC)COC(=O)C(C)OCCC. The van der Waals surface area contributed by atoms with Crippen LogP contribution in [0.3, 0.4) is 0 Å². The fourth-order valence-corrected chi connectivity index (χ4v) is 1.58. The van der Waals surface area contributed by atoms with Gasteiger partial charge in [0.15, 0.2) is 6.10 Å². The van der Waals surface area contributed by atoms with Gasteiger partial charge in [-0.05, 0) is 25.7 Å². The van der Waals surface area contributed by atoms with Gasteiger partial charge in [-0.3, -0.25) is 0 Å². The minimum Gasteiger partial charge on any atom is -0.463 e. The summed E-state index contributed by atoms with van der Waals surface area (Å²) in [6, 6.07) is 0. The molecular formula is C14H28O3. The minimum atomic E-state index is -0.432. The summed E-state index contributed by atoms with van der Waals surface area (Å²) < 4.78 is 10.6. The van der Waals surface area contributed by atoms with Crippen LogP contribution < -0.4 is 0 Å². The van der Waals surface area contributed by atoms with Crippen LogP contribution in [0.15, 0.2) is 0 Å². The lowest BCUT2D eigenvalue weighted by Crippen LogP contribution is -2.26. The number of hydrogen-bond acceptors (Lipinski definition) is 3. The van der Waals surface area contributed by atoms with Crippen molar-refractivity contribution in [1.82, 2.24) is 0 Å². The van der Waals surface area contributed by atoms with E-state index in [2.05, 4.69) is 13.8 Å². The average Bonchev–Trinajstić information content (AvgIpc) is 2.35. The third kappa shape index (κ3) is 8.19. The highest BCUT2D eigenvalue weighted by Crippen LogP contribution is 2.13. The number of ether oxygens (including phenoxy) is 2. The molecular weight excluding hydrogens is 216 g/mol. The molecule has 0 saturated carbocycles. The van der Waals surface area contributed by atoms with Crippen LogP contribution in [0, 0.1) is 5.92 Å². The minimum absolute atomic E-state index is 0.228. The summed E-state index contributed by atoms with van der Waals surface area (Å²) in [5.41, 5.74) is 0. The molecule has 0 saturated heterocycles. The second-order valence-electron chi connectivity index (χ2n) is 4.56. The van der Waals surface area contributed by atoms with Crippen LogP contribution in [0.5, 0.6) is 0 Å². The first-order chi connectivity index (χ1) is 8.15. The molecule has 0 bridgehead atoms. The van der Waals surface area contributed by atoms with Gasteiger partial charge in [0.05, 0.1) is 6.61 Å². The van der Waals surface area contributed by atoms with E-state index in [4.69, 9.17) is 9.47 Å². The Morgan fingerprint density at radius 1 is 1.18 bits per heavy atom. The number of carbonyl (C=O) groups is 1. The fraction of sp³-hybridized carbons (Fsp3) is 0.929. The number of rotatable bonds is 10. The molecule has 2 unspecified atom stereocenters. The van der Waals surface area contributed by atoms with Crippen LogP contribution in [0.2, 0.25) is 0 Å². The Balaban J connectivity index is 3.78. The zero-order chi connectivity index (χ0) is 13.1. The van der Waals surface area contributed by atoms with Gasteiger partial charge in [0.1, 0.15) is 0 Å². The Morgan fingerprint density at radius 2 is 1.88 bits per heavy atom. The normalized spacial score (nSPS) is 14.4. The van der Waals surface area contributed by atoms with Gasteiger partial charge in [0.2, 0.25) is 0 Å². The van der Waals surface area contributed by atoms with Gasteiger partial charge < -0.3 is 9.47 Å². The standard InChI is InChI=1S/C14H28O3/c1-5-8-9-13(7-3)11-17-14(15)12(4)16-10-6-2/h12-13H,5-11H2,1-4H3. The monoisotopic (exact) mass is 244 g/mol. The van der Waals surface area contributed by atoms with Crippen molar-refractivity contribution in [3.05, 3.63) is 0 Å². The van der Waals surface area contributed by atoms with Crippen LogP contribution in [0.1, 0.15) is 59.8 Å². The van der Waals surface area contributed by atoms with Crippen molar-refractivity contribution < 1.29 is 14.3 Å². The van der Waals surface area contributed by atoms with E-state index in [0.717, 1.165) is 19.3 Å². The van der Waals surface area contributed by atoms with Crippen molar-refractivity contribution in [3.63, 3.8) is 0 Å². The van der Waals surface area contributed by atoms with Gasteiger partial charge in [-0.15, -0.1) is 0 Å². The second kappa shape index (κ2) is 10.6. The Hall–Kier alpha value is -0.570. The first-order valence-corrected chi connectivity index (χ1v) is 6.93. The molecule has 0 heterocycles. The molecule has 102 valence electrons. The maximum atomic E-state index is 11.6. The van der Waals surface area contributed by atoms with Crippen molar-refractivity contribution in [2.75, 3.05) is 13.2 Å². The maximum absolute atomic E-state index is 11.6. The highest BCUT2D eigenvalue weighted by molar-refractivity contribution is 5.74. The van der Waals surface area contributed by atoms with E-state index in [0.29, 0.717) is 19.1 Å². The molecule has 3 heteroatoms. The van der Waals surface area contributed by atoms with E-state index in [1.54, 1.807) is 6.92 Å². The van der Waals surface area contributed by atoms with E-state index in [-0.39, 0.29) is 5.97 Å². The Kier molecular flexibility index (Phi) is 10.2. The molecule has 2 atom stereocenters. The van der Waals surface area contributed by atoms with E-state index < -0.39 is 6.10 Å². The summed E-state index contributed by atoms with van der Waals surface area (Å²) in [6.45, 7) is 9.25. The van der Waals surface area contributed by atoms with Crippen molar-refractivity contribution in [3.8, 4) is 0 Å². The predicted octanol–water partition coefficient (Wildman–Crippen LogP) is 3.56. The summed E-state index contributed by atoms with van der Waals surface area (Å²) in [6.07, 6.45) is 5.10. The van der Waals surface area contributed by atoms with E-state index >= 15 is 0 Å². The lowest BCUT2D eigenvalue weighted by Gasteiger charge is -2.17. The van der Waals surface area contributed by atoms with Crippen LogP contribution in [0.4, 0.5) is 0 Å². The van der Waals surface area contributed by atoms with Crippen molar-refractivity contribution in [2.24, 2.45) is 5.92 Å². The van der Waals surface area contributed by atoms with Gasteiger partial charge in [0, 0.05) is 6.61 Å². The van der Waals surface area contributed by atoms with Gasteiger partial charge in [0.25, 0.3) is 0 Å². The number of unbranched alkanes of at least 4 members (excludes halogenated alkanes) is 1.